The molecule has 0 aliphatic rings. The average molecular weight is 228 g/mol. The highest BCUT2D eigenvalue weighted by Crippen LogP contribution is 2.06. The molecular formula is C13H12N2O2. The average Bonchev–Trinajstić information content (AvgIpc) is 2.29. The van der Waals surface area contributed by atoms with Crippen molar-refractivity contribution in [3.63, 3.8) is 0 Å². The Kier molecular flexibility index (Phi) is 2.87. The van der Waals surface area contributed by atoms with Crippen molar-refractivity contribution in [3.8, 4) is 5.69 Å². The van der Waals surface area contributed by atoms with Gasteiger partial charge in [0.1, 0.15) is 5.69 Å². The molecule has 1 aromatic carbocycles. The Bertz CT molecular complexity index is 615. The van der Waals surface area contributed by atoms with Crippen LogP contribution in [0.3, 0.4) is 0 Å². The van der Waals surface area contributed by atoms with Crippen LogP contribution in [-0.4, -0.2) is 15.6 Å². The second-order valence-corrected chi connectivity index (χ2v) is 3.82. The molecule has 1 aromatic heterocycles. The number of benzene rings is 1. The van der Waals surface area contributed by atoms with Crippen molar-refractivity contribution in [2.45, 2.75) is 13.8 Å². The molecule has 0 atom stereocenters. The Morgan fingerprint density at radius 1 is 1.24 bits per heavy atom. The number of para-hydroxylation sites is 1. The van der Waals surface area contributed by atoms with Gasteiger partial charge in [0.05, 0.1) is 5.69 Å². The predicted molar refractivity (Wildman–Crippen MR) is 64.6 cm³/mol. The van der Waals surface area contributed by atoms with Gasteiger partial charge in [-0.15, -0.1) is 0 Å². The number of Topliss-reactive ketones (excluding diaryl/α,β-unsaturated/α-hetero) is 1. The van der Waals surface area contributed by atoms with Crippen LogP contribution < -0.4 is 5.56 Å². The van der Waals surface area contributed by atoms with Crippen molar-refractivity contribution in [1.29, 1.82) is 0 Å². The fraction of sp³-hybridized carbons (Fsp3) is 0.154. The zero-order valence-corrected chi connectivity index (χ0v) is 9.68. The first-order valence-electron chi connectivity index (χ1n) is 5.27. The number of ketones is 1. The summed E-state index contributed by atoms with van der Waals surface area (Å²) >= 11 is 0. The SMILES string of the molecule is CC(=O)c1nn(-c2ccccc2)c(=O)cc1C. The lowest BCUT2D eigenvalue weighted by Crippen LogP contribution is -2.23. The molecule has 1 heterocycles. The van der Waals surface area contributed by atoms with Gasteiger partial charge in [-0.3, -0.25) is 9.59 Å². The fourth-order valence-electron chi connectivity index (χ4n) is 1.65. The first kappa shape index (κ1) is 11.3. The topological polar surface area (TPSA) is 52.0 Å². The Labute approximate surface area is 98.5 Å². The molecule has 17 heavy (non-hydrogen) atoms. The van der Waals surface area contributed by atoms with E-state index >= 15 is 0 Å². The van der Waals surface area contributed by atoms with E-state index in [1.807, 2.05) is 18.2 Å². The van der Waals surface area contributed by atoms with Crippen LogP contribution in [0.15, 0.2) is 41.2 Å². The van der Waals surface area contributed by atoms with Crippen LogP contribution in [-0.2, 0) is 0 Å². The molecule has 0 amide bonds. The van der Waals surface area contributed by atoms with Crippen molar-refractivity contribution >= 4 is 5.78 Å². The lowest BCUT2D eigenvalue weighted by molar-refractivity contribution is 0.101. The second kappa shape index (κ2) is 4.33. The highest BCUT2D eigenvalue weighted by atomic mass is 16.1. The summed E-state index contributed by atoms with van der Waals surface area (Å²) in [5, 5.41) is 4.10. The third-order valence-electron chi connectivity index (χ3n) is 2.46. The first-order valence-corrected chi connectivity index (χ1v) is 5.27. The number of aromatic nitrogens is 2. The normalized spacial score (nSPS) is 10.2. The van der Waals surface area contributed by atoms with Gasteiger partial charge in [0, 0.05) is 13.0 Å². The first-order chi connectivity index (χ1) is 8.09. The molecular weight excluding hydrogens is 216 g/mol. The summed E-state index contributed by atoms with van der Waals surface area (Å²) in [7, 11) is 0. The molecule has 0 saturated heterocycles. The van der Waals surface area contributed by atoms with Crippen LogP contribution in [0.1, 0.15) is 23.0 Å². The molecule has 0 radical (unpaired) electrons. The Hall–Kier alpha value is -2.23. The minimum absolute atomic E-state index is 0.146. The molecule has 0 aliphatic carbocycles. The van der Waals surface area contributed by atoms with E-state index in [4.69, 9.17) is 0 Å². The van der Waals surface area contributed by atoms with Crippen LogP contribution in [0.4, 0.5) is 0 Å². The van der Waals surface area contributed by atoms with E-state index in [0.29, 0.717) is 16.9 Å². The Morgan fingerprint density at radius 3 is 2.47 bits per heavy atom. The minimum atomic E-state index is -0.237. The lowest BCUT2D eigenvalue weighted by Gasteiger charge is -2.07. The molecule has 86 valence electrons. The van der Waals surface area contributed by atoms with Crippen LogP contribution in [0, 0.1) is 6.92 Å². The number of carbonyl (C=O) groups excluding carboxylic acids is 1. The quantitative estimate of drug-likeness (QED) is 0.736. The number of hydrogen-bond acceptors (Lipinski definition) is 3. The van der Waals surface area contributed by atoms with Crippen molar-refractivity contribution in [3.05, 3.63) is 58.0 Å². The van der Waals surface area contributed by atoms with Gasteiger partial charge in [-0.05, 0) is 24.6 Å². The van der Waals surface area contributed by atoms with E-state index in [0.717, 1.165) is 0 Å². The van der Waals surface area contributed by atoms with Gasteiger partial charge in [0.15, 0.2) is 5.78 Å². The molecule has 2 rings (SSSR count). The number of hydrogen-bond donors (Lipinski definition) is 0. The molecule has 2 aromatic rings. The van der Waals surface area contributed by atoms with Gasteiger partial charge < -0.3 is 0 Å². The van der Waals surface area contributed by atoms with Crippen LogP contribution in [0.25, 0.3) is 5.69 Å². The van der Waals surface area contributed by atoms with E-state index in [-0.39, 0.29) is 11.3 Å². The summed E-state index contributed by atoms with van der Waals surface area (Å²) in [5.41, 5.74) is 1.35. The van der Waals surface area contributed by atoms with Gasteiger partial charge in [-0.25, -0.2) is 0 Å². The van der Waals surface area contributed by atoms with Gasteiger partial charge in [0.25, 0.3) is 5.56 Å². The largest absolute Gasteiger partial charge is 0.293 e. The maximum atomic E-state index is 11.8. The number of nitrogens with zero attached hydrogens (tertiary/aromatic N) is 2. The predicted octanol–water partition coefficient (Wildman–Crippen LogP) is 1.74. The zero-order valence-electron chi connectivity index (χ0n) is 9.68. The van der Waals surface area contributed by atoms with E-state index in [1.165, 1.54) is 17.7 Å². The maximum Gasteiger partial charge on any atom is 0.271 e. The summed E-state index contributed by atoms with van der Waals surface area (Å²) in [6.07, 6.45) is 0. The van der Waals surface area contributed by atoms with E-state index in [1.54, 1.807) is 19.1 Å². The molecule has 0 N–H and O–H groups in total. The molecule has 4 heteroatoms. The summed E-state index contributed by atoms with van der Waals surface area (Å²) in [4.78, 5) is 23.2. The third-order valence-corrected chi connectivity index (χ3v) is 2.46. The van der Waals surface area contributed by atoms with Crippen LogP contribution >= 0.6 is 0 Å². The highest BCUT2D eigenvalue weighted by molar-refractivity contribution is 5.93. The van der Waals surface area contributed by atoms with Crippen LogP contribution in [0.5, 0.6) is 0 Å². The molecule has 0 spiro atoms. The number of aryl methyl sites for hydroxylation is 1. The molecule has 0 saturated carbocycles. The van der Waals surface area contributed by atoms with Gasteiger partial charge in [-0.1, -0.05) is 18.2 Å². The van der Waals surface area contributed by atoms with Crippen LogP contribution in [0.2, 0.25) is 0 Å². The minimum Gasteiger partial charge on any atom is -0.293 e. The smallest absolute Gasteiger partial charge is 0.271 e. The third kappa shape index (κ3) is 2.15. The zero-order chi connectivity index (χ0) is 12.4. The number of rotatable bonds is 2. The van der Waals surface area contributed by atoms with E-state index in [2.05, 4.69) is 5.10 Å². The lowest BCUT2D eigenvalue weighted by atomic mass is 10.2. The van der Waals surface area contributed by atoms with Crippen molar-refractivity contribution in [2.75, 3.05) is 0 Å². The van der Waals surface area contributed by atoms with Crippen molar-refractivity contribution in [2.24, 2.45) is 0 Å². The summed E-state index contributed by atoms with van der Waals surface area (Å²) in [6.45, 7) is 3.15. The molecule has 0 aliphatic heterocycles. The highest BCUT2D eigenvalue weighted by Gasteiger charge is 2.10. The summed E-state index contributed by atoms with van der Waals surface area (Å²) < 4.78 is 1.24. The Morgan fingerprint density at radius 2 is 1.88 bits per heavy atom. The van der Waals surface area contributed by atoms with Crippen molar-refractivity contribution in [1.82, 2.24) is 9.78 Å². The fourth-order valence-corrected chi connectivity index (χ4v) is 1.65. The molecule has 0 fully saturated rings. The van der Waals surface area contributed by atoms with Crippen molar-refractivity contribution < 1.29 is 4.79 Å². The molecule has 0 unspecified atom stereocenters. The molecule has 4 nitrogen and oxygen atoms in total. The van der Waals surface area contributed by atoms with Gasteiger partial charge in [-0.2, -0.15) is 9.78 Å². The second-order valence-electron chi connectivity index (χ2n) is 3.82. The summed E-state index contributed by atoms with van der Waals surface area (Å²) in [5.74, 6) is -0.146. The summed E-state index contributed by atoms with van der Waals surface area (Å²) in [6, 6.07) is 10.5. The van der Waals surface area contributed by atoms with Gasteiger partial charge in [0.2, 0.25) is 0 Å². The number of carbonyl (C=O) groups is 1. The van der Waals surface area contributed by atoms with E-state index in [9.17, 15) is 9.59 Å². The standard InChI is InChI=1S/C13H12N2O2/c1-9-8-12(17)15(14-13(9)10(2)16)11-6-4-3-5-7-11/h3-8H,1-2H3. The monoisotopic (exact) mass is 228 g/mol. The Balaban J connectivity index is 2.67. The molecule has 0 bridgehead atoms. The maximum absolute atomic E-state index is 11.8. The van der Waals surface area contributed by atoms with E-state index < -0.39 is 0 Å². The van der Waals surface area contributed by atoms with Gasteiger partial charge >= 0.3 is 0 Å².